The van der Waals surface area contributed by atoms with Gasteiger partial charge in [0.15, 0.2) is 0 Å². The van der Waals surface area contributed by atoms with Crippen molar-refractivity contribution in [1.82, 2.24) is 15.6 Å². The maximum absolute atomic E-state index is 12.0. The fraction of sp³-hybridized carbons (Fsp3) is 0.250. The first kappa shape index (κ1) is 15.0. The molecule has 110 valence electrons. The van der Waals surface area contributed by atoms with E-state index in [4.69, 9.17) is 4.74 Å². The molecule has 0 saturated carbocycles. The Balaban J connectivity index is 1.95. The number of aromatic nitrogens is 1. The van der Waals surface area contributed by atoms with Gasteiger partial charge in [-0.05, 0) is 50.3 Å². The van der Waals surface area contributed by atoms with Crippen molar-refractivity contribution in [2.75, 3.05) is 20.1 Å². The third kappa shape index (κ3) is 4.89. The fourth-order valence-corrected chi connectivity index (χ4v) is 1.81. The lowest BCUT2D eigenvalue weighted by Gasteiger charge is -2.08. The summed E-state index contributed by atoms with van der Waals surface area (Å²) >= 11 is 0. The minimum Gasteiger partial charge on any atom is -0.457 e. The number of hydrogen-bond donors (Lipinski definition) is 2. The molecular weight excluding hydrogens is 266 g/mol. The summed E-state index contributed by atoms with van der Waals surface area (Å²) in [5.41, 5.74) is 0.589. The molecule has 0 unspecified atom stereocenters. The van der Waals surface area contributed by atoms with Crippen molar-refractivity contribution in [2.24, 2.45) is 0 Å². The maximum Gasteiger partial charge on any atom is 0.251 e. The van der Waals surface area contributed by atoms with Crippen molar-refractivity contribution in [3.05, 3.63) is 54.4 Å². The number of hydrogen-bond acceptors (Lipinski definition) is 4. The van der Waals surface area contributed by atoms with Crippen molar-refractivity contribution in [3.8, 4) is 11.5 Å². The molecule has 0 aliphatic carbocycles. The van der Waals surface area contributed by atoms with Gasteiger partial charge in [-0.25, -0.2) is 0 Å². The lowest BCUT2D eigenvalue weighted by Crippen LogP contribution is -2.26. The van der Waals surface area contributed by atoms with Crippen LogP contribution in [0.4, 0.5) is 0 Å². The average molecular weight is 285 g/mol. The largest absolute Gasteiger partial charge is 0.457 e. The van der Waals surface area contributed by atoms with Crippen LogP contribution in [0.1, 0.15) is 16.8 Å². The van der Waals surface area contributed by atoms with E-state index in [0.29, 0.717) is 23.6 Å². The maximum atomic E-state index is 12.0. The molecular formula is C16H19N3O2. The predicted octanol–water partition coefficient (Wildman–Crippen LogP) is 2.21. The standard InChI is InChI=1S/C16H19N3O2/c1-17-8-3-9-19-16(20)13-4-2-5-15(12-13)21-14-6-10-18-11-7-14/h2,4-7,10-12,17H,3,8-9H2,1H3,(H,19,20). The second-order valence-electron chi connectivity index (χ2n) is 4.53. The summed E-state index contributed by atoms with van der Waals surface area (Å²) in [4.78, 5) is 15.9. The number of ether oxygens (including phenoxy) is 1. The van der Waals surface area contributed by atoms with Gasteiger partial charge in [-0.3, -0.25) is 9.78 Å². The summed E-state index contributed by atoms with van der Waals surface area (Å²) < 4.78 is 5.68. The Kier molecular flexibility index (Phi) is 5.72. The van der Waals surface area contributed by atoms with E-state index in [-0.39, 0.29) is 5.91 Å². The summed E-state index contributed by atoms with van der Waals surface area (Å²) in [5, 5.41) is 5.92. The summed E-state index contributed by atoms with van der Waals surface area (Å²) in [6.45, 7) is 1.53. The molecule has 1 aromatic carbocycles. The Hall–Kier alpha value is -2.40. The van der Waals surface area contributed by atoms with Crippen LogP contribution in [0.15, 0.2) is 48.8 Å². The first-order chi connectivity index (χ1) is 10.3. The Morgan fingerprint density at radius 2 is 1.95 bits per heavy atom. The van der Waals surface area contributed by atoms with Crippen LogP contribution in [0.25, 0.3) is 0 Å². The number of carbonyl (C=O) groups is 1. The zero-order chi connectivity index (χ0) is 14.9. The molecule has 0 radical (unpaired) electrons. The zero-order valence-corrected chi connectivity index (χ0v) is 12.0. The van der Waals surface area contributed by atoms with Crippen LogP contribution in [-0.4, -0.2) is 31.0 Å². The van der Waals surface area contributed by atoms with Crippen molar-refractivity contribution in [2.45, 2.75) is 6.42 Å². The highest BCUT2D eigenvalue weighted by Crippen LogP contribution is 2.21. The van der Waals surface area contributed by atoms with Crippen molar-refractivity contribution < 1.29 is 9.53 Å². The Morgan fingerprint density at radius 1 is 1.14 bits per heavy atom. The summed E-state index contributed by atoms with van der Waals surface area (Å²) in [5.74, 6) is 1.23. The highest BCUT2D eigenvalue weighted by atomic mass is 16.5. The lowest BCUT2D eigenvalue weighted by molar-refractivity contribution is 0.0953. The van der Waals surface area contributed by atoms with E-state index in [1.807, 2.05) is 13.1 Å². The van der Waals surface area contributed by atoms with Gasteiger partial charge in [0.05, 0.1) is 0 Å². The zero-order valence-electron chi connectivity index (χ0n) is 12.0. The van der Waals surface area contributed by atoms with Crippen LogP contribution in [0.2, 0.25) is 0 Å². The predicted molar refractivity (Wildman–Crippen MR) is 81.6 cm³/mol. The molecule has 5 nitrogen and oxygen atoms in total. The molecule has 0 atom stereocenters. The quantitative estimate of drug-likeness (QED) is 0.766. The molecule has 1 heterocycles. The normalized spacial score (nSPS) is 10.1. The van der Waals surface area contributed by atoms with Crippen LogP contribution < -0.4 is 15.4 Å². The van der Waals surface area contributed by atoms with Crippen LogP contribution in [0, 0.1) is 0 Å². The molecule has 0 spiro atoms. The molecule has 2 rings (SSSR count). The van der Waals surface area contributed by atoms with E-state index in [1.54, 1.807) is 42.7 Å². The molecule has 0 fully saturated rings. The average Bonchev–Trinajstić information content (AvgIpc) is 2.53. The Morgan fingerprint density at radius 3 is 2.71 bits per heavy atom. The molecule has 5 heteroatoms. The molecule has 2 aromatic rings. The third-order valence-corrected chi connectivity index (χ3v) is 2.87. The van der Waals surface area contributed by atoms with Gasteiger partial charge in [-0.2, -0.15) is 0 Å². The highest BCUT2D eigenvalue weighted by molar-refractivity contribution is 5.94. The van der Waals surface area contributed by atoms with Gasteiger partial charge in [0.25, 0.3) is 5.91 Å². The van der Waals surface area contributed by atoms with Crippen LogP contribution in [0.3, 0.4) is 0 Å². The smallest absolute Gasteiger partial charge is 0.251 e. The minimum atomic E-state index is -0.0914. The first-order valence-electron chi connectivity index (χ1n) is 6.90. The number of amides is 1. The van der Waals surface area contributed by atoms with Gasteiger partial charge in [-0.15, -0.1) is 0 Å². The molecule has 0 bridgehead atoms. The second-order valence-corrected chi connectivity index (χ2v) is 4.53. The van der Waals surface area contributed by atoms with Crippen LogP contribution in [0.5, 0.6) is 11.5 Å². The van der Waals surface area contributed by atoms with E-state index >= 15 is 0 Å². The summed E-state index contributed by atoms with van der Waals surface area (Å²) in [6, 6.07) is 10.7. The van der Waals surface area contributed by atoms with Gasteiger partial charge in [0, 0.05) is 24.5 Å². The third-order valence-electron chi connectivity index (χ3n) is 2.87. The van der Waals surface area contributed by atoms with E-state index in [0.717, 1.165) is 13.0 Å². The van der Waals surface area contributed by atoms with E-state index in [2.05, 4.69) is 15.6 Å². The molecule has 0 saturated heterocycles. The van der Waals surface area contributed by atoms with E-state index < -0.39 is 0 Å². The van der Waals surface area contributed by atoms with Gasteiger partial charge in [0.1, 0.15) is 11.5 Å². The monoisotopic (exact) mass is 285 g/mol. The summed E-state index contributed by atoms with van der Waals surface area (Å²) in [6.07, 6.45) is 4.22. The van der Waals surface area contributed by atoms with Crippen molar-refractivity contribution >= 4 is 5.91 Å². The highest BCUT2D eigenvalue weighted by Gasteiger charge is 2.06. The molecule has 1 aromatic heterocycles. The molecule has 0 aliphatic rings. The minimum absolute atomic E-state index is 0.0914. The SMILES string of the molecule is CNCCCNC(=O)c1cccc(Oc2ccncc2)c1. The molecule has 2 N–H and O–H groups in total. The van der Waals surface area contributed by atoms with Crippen molar-refractivity contribution in [1.29, 1.82) is 0 Å². The molecule has 0 aliphatic heterocycles. The van der Waals surface area contributed by atoms with Gasteiger partial charge >= 0.3 is 0 Å². The van der Waals surface area contributed by atoms with Crippen LogP contribution in [-0.2, 0) is 0 Å². The summed E-state index contributed by atoms with van der Waals surface area (Å²) in [7, 11) is 1.89. The van der Waals surface area contributed by atoms with Crippen LogP contribution >= 0.6 is 0 Å². The number of benzene rings is 1. The van der Waals surface area contributed by atoms with E-state index in [9.17, 15) is 4.79 Å². The number of nitrogens with one attached hydrogen (secondary N) is 2. The van der Waals surface area contributed by atoms with Gasteiger partial charge < -0.3 is 15.4 Å². The topological polar surface area (TPSA) is 63.2 Å². The fourth-order valence-electron chi connectivity index (χ4n) is 1.81. The van der Waals surface area contributed by atoms with E-state index in [1.165, 1.54) is 0 Å². The lowest BCUT2D eigenvalue weighted by atomic mass is 10.2. The van der Waals surface area contributed by atoms with Crippen molar-refractivity contribution in [3.63, 3.8) is 0 Å². The van der Waals surface area contributed by atoms with Gasteiger partial charge in [-0.1, -0.05) is 6.07 Å². The second kappa shape index (κ2) is 8.01. The number of carbonyl (C=O) groups excluding carboxylic acids is 1. The Labute approximate surface area is 124 Å². The molecule has 21 heavy (non-hydrogen) atoms. The Bertz CT molecular complexity index is 573. The molecule has 1 amide bonds. The first-order valence-corrected chi connectivity index (χ1v) is 6.90. The number of pyridine rings is 1. The number of nitrogens with zero attached hydrogens (tertiary/aromatic N) is 1. The van der Waals surface area contributed by atoms with Gasteiger partial charge in [0.2, 0.25) is 0 Å². The number of rotatable bonds is 7.